The minimum atomic E-state index is -0.646. The number of benzene rings is 1. The Kier molecular flexibility index (Phi) is 5.51. The number of carbonyl (C=O) groups is 1. The van der Waals surface area contributed by atoms with Gasteiger partial charge < -0.3 is 14.8 Å². The van der Waals surface area contributed by atoms with Crippen molar-refractivity contribution in [3.8, 4) is 5.75 Å². The van der Waals surface area contributed by atoms with Gasteiger partial charge in [-0.25, -0.2) is 8.78 Å². The van der Waals surface area contributed by atoms with Crippen molar-refractivity contribution < 1.29 is 23.0 Å². The minimum Gasteiger partial charge on any atom is -0.494 e. The Hall–Kier alpha value is -1.69. The molecule has 4 nitrogen and oxygen atoms in total. The third-order valence-electron chi connectivity index (χ3n) is 2.21. The number of methoxy groups -OCH3 is 1. The van der Waals surface area contributed by atoms with Gasteiger partial charge in [0.05, 0.1) is 20.3 Å². The molecule has 0 aromatic heterocycles. The van der Waals surface area contributed by atoms with Crippen LogP contribution in [0.1, 0.15) is 12.5 Å². The van der Waals surface area contributed by atoms with Gasteiger partial charge in [0.1, 0.15) is 5.82 Å². The monoisotopic (exact) mass is 259 g/mol. The second kappa shape index (κ2) is 6.90. The van der Waals surface area contributed by atoms with Gasteiger partial charge in [0.25, 0.3) is 0 Å². The molecule has 0 saturated heterocycles. The van der Waals surface area contributed by atoms with E-state index in [-0.39, 0.29) is 31.0 Å². The Morgan fingerprint density at radius 1 is 1.33 bits per heavy atom. The molecule has 1 aromatic rings. The summed E-state index contributed by atoms with van der Waals surface area (Å²) >= 11 is 0. The number of esters is 1. The number of carbonyl (C=O) groups excluding carboxylic acids is 1. The Bertz CT molecular complexity index is 424. The summed E-state index contributed by atoms with van der Waals surface area (Å²) in [6.45, 7) is 1.95. The molecule has 6 heteroatoms. The summed E-state index contributed by atoms with van der Waals surface area (Å²) in [5.41, 5.74) is 0.123. The van der Waals surface area contributed by atoms with Crippen molar-refractivity contribution in [3.05, 3.63) is 29.3 Å². The average molecular weight is 259 g/mol. The number of hydrogen-bond acceptors (Lipinski definition) is 4. The molecule has 0 fully saturated rings. The van der Waals surface area contributed by atoms with Crippen molar-refractivity contribution in [1.29, 1.82) is 0 Å². The second-order valence-electron chi connectivity index (χ2n) is 3.49. The minimum absolute atomic E-state index is 0.0333. The highest BCUT2D eigenvalue weighted by Gasteiger charge is 2.10. The van der Waals surface area contributed by atoms with Crippen LogP contribution in [0.3, 0.4) is 0 Å². The van der Waals surface area contributed by atoms with Gasteiger partial charge in [-0.1, -0.05) is 0 Å². The van der Waals surface area contributed by atoms with Crippen LogP contribution >= 0.6 is 0 Å². The number of nitrogens with one attached hydrogen (secondary N) is 1. The molecule has 0 aliphatic heterocycles. The molecule has 0 atom stereocenters. The first-order valence-corrected chi connectivity index (χ1v) is 5.46. The predicted molar refractivity (Wildman–Crippen MR) is 61.2 cm³/mol. The summed E-state index contributed by atoms with van der Waals surface area (Å²) in [6, 6.07) is 2.00. The van der Waals surface area contributed by atoms with Crippen molar-refractivity contribution in [3.63, 3.8) is 0 Å². The van der Waals surface area contributed by atoms with Gasteiger partial charge in [0.2, 0.25) is 0 Å². The van der Waals surface area contributed by atoms with Gasteiger partial charge in [-0.15, -0.1) is 0 Å². The van der Waals surface area contributed by atoms with Crippen molar-refractivity contribution in [2.75, 3.05) is 20.3 Å². The summed E-state index contributed by atoms with van der Waals surface area (Å²) in [5, 5.41) is 2.67. The number of ether oxygens (including phenoxy) is 2. The molecule has 18 heavy (non-hydrogen) atoms. The molecule has 0 unspecified atom stereocenters. The summed E-state index contributed by atoms with van der Waals surface area (Å²) in [5.74, 6) is -1.83. The average Bonchev–Trinajstić information content (AvgIpc) is 2.33. The standard InChI is InChI=1S/C12H15F2NO3/c1-3-18-12(16)7-15-6-8-4-10(14)11(17-2)5-9(8)13/h4-5,15H,3,6-7H2,1-2H3. The largest absolute Gasteiger partial charge is 0.494 e. The normalized spacial score (nSPS) is 10.2. The molecular weight excluding hydrogens is 244 g/mol. The van der Waals surface area contributed by atoms with Crippen LogP contribution in [0, 0.1) is 11.6 Å². The molecule has 0 amide bonds. The van der Waals surface area contributed by atoms with Gasteiger partial charge in [0.15, 0.2) is 11.6 Å². The maximum Gasteiger partial charge on any atom is 0.319 e. The van der Waals surface area contributed by atoms with E-state index in [2.05, 4.69) is 14.8 Å². The van der Waals surface area contributed by atoms with Gasteiger partial charge >= 0.3 is 5.97 Å². The van der Waals surface area contributed by atoms with Crippen LogP contribution in [-0.2, 0) is 16.1 Å². The Morgan fingerprint density at radius 2 is 2.06 bits per heavy atom. The van der Waals surface area contributed by atoms with Crippen molar-refractivity contribution >= 4 is 5.97 Å². The Morgan fingerprint density at radius 3 is 2.67 bits per heavy atom. The second-order valence-corrected chi connectivity index (χ2v) is 3.49. The zero-order valence-electron chi connectivity index (χ0n) is 10.3. The van der Waals surface area contributed by atoms with Gasteiger partial charge in [-0.2, -0.15) is 0 Å². The molecular formula is C12H15F2NO3. The molecule has 0 saturated carbocycles. The highest BCUT2D eigenvalue weighted by atomic mass is 19.1. The zero-order chi connectivity index (χ0) is 13.5. The first-order chi connectivity index (χ1) is 8.58. The molecule has 0 bridgehead atoms. The third-order valence-corrected chi connectivity index (χ3v) is 2.21. The number of rotatable bonds is 6. The Labute approximate surface area is 104 Å². The van der Waals surface area contributed by atoms with E-state index >= 15 is 0 Å². The fraction of sp³-hybridized carbons (Fsp3) is 0.417. The van der Waals surface area contributed by atoms with E-state index < -0.39 is 17.6 Å². The number of hydrogen-bond donors (Lipinski definition) is 1. The zero-order valence-corrected chi connectivity index (χ0v) is 10.3. The topological polar surface area (TPSA) is 47.6 Å². The molecule has 1 N–H and O–H groups in total. The van der Waals surface area contributed by atoms with E-state index in [1.165, 1.54) is 7.11 Å². The molecule has 1 aromatic carbocycles. The van der Waals surface area contributed by atoms with Crippen molar-refractivity contribution in [1.82, 2.24) is 5.32 Å². The van der Waals surface area contributed by atoms with Crippen LogP contribution in [0.5, 0.6) is 5.75 Å². The molecule has 0 aliphatic carbocycles. The summed E-state index contributed by atoms with van der Waals surface area (Å²) in [4.78, 5) is 11.0. The van der Waals surface area contributed by atoms with Crippen LogP contribution in [0.15, 0.2) is 12.1 Å². The highest BCUT2D eigenvalue weighted by molar-refractivity contribution is 5.71. The lowest BCUT2D eigenvalue weighted by Gasteiger charge is -2.08. The smallest absolute Gasteiger partial charge is 0.319 e. The van der Waals surface area contributed by atoms with Crippen molar-refractivity contribution in [2.45, 2.75) is 13.5 Å². The summed E-state index contributed by atoms with van der Waals surface area (Å²) < 4.78 is 36.1. The van der Waals surface area contributed by atoms with Gasteiger partial charge in [-0.05, 0) is 13.0 Å². The first-order valence-electron chi connectivity index (χ1n) is 5.46. The van der Waals surface area contributed by atoms with Crippen molar-refractivity contribution in [2.24, 2.45) is 0 Å². The van der Waals surface area contributed by atoms with E-state index in [1.807, 2.05) is 0 Å². The van der Waals surface area contributed by atoms with Crippen LogP contribution < -0.4 is 10.1 Å². The lowest BCUT2D eigenvalue weighted by molar-refractivity contribution is -0.142. The number of halogens is 2. The van der Waals surface area contributed by atoms with E-state index in [0.717, 1.165) is 12.1 Å². The van der Waals surface area contributed by atoms with E-state index in [4.69, 9.17) is 0 Å². The van der Waals surface area contributed by atoms with Crippen LogP contribution in [0.2, 0.25) is 0 Å². The van der Waals surface area contributed by atoms with Crippen LogP contribution in [-0.4, -0.2) is 26.2 Å². The van der Waals surface area contributed by atoms with E-state index in [1.54, 1.807) is 6.92 Å². The molecule has 0 heterocycles. The van der Waals surface area contributed by atoms with Crippen LogP contribution in [0.4, 0.5) is 8.78 Å². The SMILES string of the molecule is CCOC(=O)CNCc1cc(F)c(OC)cc1F. The maximum absolute atomic E-state index is 13.5. The molecule has 0 radical (unpaired) electrons. The molecule has 1 rings (SSSR count). The summed E-state index contributed by atoms with van der Waals surface area (Å²) in [7, 11) is 1.26. The Balaban J connectivity index is 2.57. The molecule has 100 valence electrons. The van der Waals surface area contributed by atoms with Crippen LogP contribution in [0.25, 0.3) is 0 Å². The third kappa shape index (κ3) is 3.96. The quantitative estimate of drug-likeness (QED) is 0.789. The predicted octanol–water partition coefficient (Wildman–Crippen LogP) is 1.63. The van der Waals surface area contributed by atoms with E-state index in [0.29, 0.717) is 0 Å². The fourth-order valence-electron chi connectivity index (χ4n) is 1.37. The maximum atomic E-state index is 13.5. The molecule has 0 aliphatic rings. The summed E-state index contributed by atoms with van der Waals surface area (Å²) in [6.07, 6.45) is 0. The first kappa shape index (κ1) is 14.4. The lowest BCUT2D eigenvalue weighted by atomic mass is 10.2. The fourth-order valence-corrected chi connectivity index (χ4v) is 1.37. The van der Waals surface area contributed by atoms with E-state index in [9.17, 15) is 13.6 Å². The molecule has 0 spiro atoms. The highest BCUT2D eigenvalue weighted by Crippen LogP contribution is 2.20. The van der Waals surface area contributed by atoms with Gasteiger partial charge in [-0.3, -0.25) is 4.79 Å². The lowest BCUT2D eigenvalue weighted by Crippen LogP contribution is -2.24. The van der Waals surface area contributed by atoms with Gasteiger partial charge in [0, 0.05) is 18.2 Å².